The Balaban J connectivity index is 2.23. The van der Waals surface area contributed by atoms with E-state index in [9.17, 15) is 5.11 Å². The Hall–Kier alpha value is -1.70. The number of benzene rings is 3. The number of phenols is 1. The van der Waals surface area contributed by atoms with Crippen LogP contribution >= 0.6 is 23.2 Å². The molecule has 0 aliphatic rings. The summed E-state index contributed by atoms with van der Waals surface area (Å²) in [6.45, 7) is 0. The first kappa shape index (κ1) is 12.3. The molecule has 3 heteroatoms. The van der Waals surface area contributed by atoms with Gasteiger partial charge in [-0.25, -0.2) is 0 Å². The molecule has 0 atom stereocenters. The van der Waals surface area contributed by atoms with E-state index in [4.69, 9.17) is 23.2 Å². The fourth-order valence-corrected chi connectivity index (χ4v) is 2.42. The molecule has 0 fully saturated rings. The standard InChI is InChI=1S/C16H10Cl2O/c17-13-4-1-10(2-5-13)15-8-12-7-14(18)6-3-11(12)9-16(15)19/h1-9,19H. The highest BCUT2D eigenvalue weighted by atomic mass is 35.5. The molecule has 0 amide bonds. The molecular weight excluding hydrogens is 279 g/mol. The van der Waals surface area contributed by atoms with Crippen molar-refractivity contribution in [3.63, 3.8) is 0 Å². The van der Waals surface area contributed by atoms with Crippen LogP contribution in [0.1, 0.15) is 0 Å². The van der Waals surface area contributed by atoms with Crippen molar-refractivity contribution in [3.05, 3.63) is 64.6 Å². The van der Waals surface area contributed by atoms with Crippen LogP contribution in [0.5, 0.6) is 5.75 Å². The molecule has 19 heavy (non-hydrogen) atoms. The summed E-state index contributed by atoms with van der Waals surface area (Å²) in [4.78, 5) is 0. The summed E-state index contributed by atoms with van der Waals surface area (Å²) in [6, 6.07) is 16.6. The van der Waals surface area contributed by atoms with Crippen molar-refractivity contribution in [3.8, 4) is 16.9 Å². The Morgan fingerprint density at radius 2 is 1.37 bits per heavy atom. The summed E-state index contributed by atoms with van der Waals surface area (Å²) >= 11 is 11.9. The van der Waals surface area contributed by atoms with E-state index < -0.39 is 0 Å². The average Bonchev–Trinajstić information content (AvgIpc) is 2.40. The third-order valence-corrected chi connectivity index (χ3v) is 3.56. The molecule has 0 unspecified atom stereocenters. The highest BCUT2D eigenvalue weighted by molar-refractivity contribution is 6.31. The van der Waals surface area contributed by atoms with Gasteiger partial charge in [0, 0.05) is 15.6 Å². The maximum absolute atomic E-state index is 10.1. The molecule has 3 aromatic rings. The van der Waals surface area contributed by atoms with Crippen LogP contribution < -0.4 is 0 Å². The second-order valence-electron chi connectivity index (χ2n) is 4.37. The number of hydrogen-bond donors (Lipinski definition) is 1. The van der Waals surface area contributed by atoms with Crippen LogP contribution in [0.3, 0.4) is 0 Å². The Morgan fingerprint density at radius 1 is 0.684 bits per heavy atom. The van der Waals surface area contributed by atoms with E-state index in [-0.39, 0.29) is 5.75 Å². The molecule has 0 aromatic heterocycles. The Labute approximate surface area is 121 Å². The molecule has 0 saturated carbocycles. The Kier molecular flexibility index (Phi) is 3.09. The van der Waals surface area contributed by atoms with Gasteiger partial charge < -0.3 is 5.11 Å². The van der Waals surface area contributed by atoms with Gasteiger partial charge in [-0.1, -0.05) is 41.4 Å². The monoisotopic (exact) mass is 288 g/mol. The largest absolute Gasteiger partial charge is 0.507 e. The van der Waals surface area contributed by atoms with Gasteiger partial charge in [0.2, 0.25) is 0 Å². The fraction of sp³-hybridized carbons (Fsp3) is 0. The normalized spacial score (nSPS) is 10.8. The SMILES string of the molecule is Oc1cc2ccc(Cl)cc2cc1-c1ccc(Cl)cc1. The Morgan fingerprint density at radius 3 is 2.11 bits per heavy atom. The van der Waals surface area contributed by atoms with Crippen LogP contribution in [0, 0.1) is 0 Å². The number of aromatic hydroxyl groups is 1. The van der Waals surface area contributed by atoms with Gasteiger partial charge in [-0.2, -0.15) is 0 Å². The van der Waals surface area contributed by atoms with Crippen LogP contribution in [0.15, 0.2) is 54.6 Å². The lowest BCUT2D eigenvalue weighted by atomic mass is 10.0. The van der Waals surface area contributed by atoms with Crippen molar-refractivity contribution >= 4 is 34.0 Å². The van der Waals surface area contributed by atoms with E-state index in [0.717, 1.165) is 21.9 Å². The molecule has 94 valence electrons. The minimum atomic E-state index is 0.247. The Bertz CT molecular complexity index is 749. The number of phenolic OH excluding ortho intramolecular Hbond substituents is 1. The van der Waals surface area contributed by atoms with Crippen LogP contribution in [0.4, 0.5) is 0 Å². The number of halogens is 2. The van der Waals surface area contributed by atoms with Gasteiger partial charge in [0.25, 0.3) is 0 Å². The van der Waals surface area contributed by atoms with Crippen molar-refractivity contribution < 1.29 is 5.11 Å². The second kappa shape index (κ2) is 4.76. The third-order valence-electron chi connectivity index (χ3n) is 3.07. The lowest BCUT2D eigenvalue weighted by Crippen LogP contribution is -1.81. The molecule has 0 heterocycles. The summed E-state index contributed by atoms with van der Waals surface area (Å²) in [5.74, 6) is 0.247. The van der Waals surface area contributed by atoms with Gasteiger partial charge in [0.15, 0.2) is 0 Å². The van der Waals surface area contributed by atoms with Crippen molar-refractivity contribution in [2.24, 2.45) is 0 Å². The van der Waals surface area contributed by atoms with E-state index in [2.05, 4.69) is 0 Å². The quantitative estimate of drug-likeness (QED) is 0.625. The summed E-state index contributed by atoms with van der Waals surface area (Å²) in [5.41, 5.74) is 1.69. The predicted octanol–water partition coefficient (Wildman–Crippen LogP) is 5.52. The van der Waals surface area contributed by atoms with Gasteiger partial charge in [-0.05, 0) is 52.7 Å². The van der Waals surface area contributed by atoms with Crippen molar-refractivity contribution in [1.29, 1.82) is 0 Å². The zero-order valence-electron chi connectivity index (χ0n) is 9.90. The number of rotatable bonds is 1. The summed E-state index contributed by atoms with van der Waals surface area (Å²) < 4.78 is 0. The topological polar surface area (TPSA) is 20.2 Å². The first-order chi connectivity index (χ1) is 9.13. The van der Waals surface area contributed by atoms with Crippen LogP contribution in [-0.4, -0.2) is 5.11 Å². The van der Waals surface area contributed by atoms with Gasteiger partial charge in [-0.15, -0.1) is 0 Å². The molecule has 0 aliphatic heterocycles. The van der Waals surface area contributed by atoms with Gasteiger partial charge in [0.1, 0.15) is 5.75 Å². The molecule has 1 N–H and O–H groups in total. The maximum atomic E-state index is 10.1. The minimum Gasteiger partial charge on any atom is -0.507 e. The summed E-state index contributed by atoms with van der Waals surface area (Å²) in [5, 5.41) is 13.4. The molecule has 0 saturated heterocycles. The number of fused-ring (bicyclic) bond motifs is 1. The first-order valence-electron chi connectivity index (χ1n) is 5.82. The zero-order valence-corrected chi connectivity index (χ0v) is 11.4. The summed E-state index contributed by atoms with van der Waals surface area (Å²) in [6.07, 6.45) is 0. The molecule has 0 bridgehead atoms. The first-order valence-corrected chi connectivity index (χ1v) is 6.57. The molecule has 1 nitrogen and oxygen atoms in total. The lowest BCUT2D eigenvalue weighted by Gasteiger charge is -2.08. The lowest BCUT2D eigenvalue weighted by molar-refractivity contribution is 0.478. The van der Waals surface area contributed by atoms with Crippen LogP contribution in [0.2, 0.25) is 10.0 Å². The van der Waals surface area contributed by atoms with E-state index in [1.165, 1.54) is 0 Å². The molecule has 0 aliphatic carbocycles. The molecular formula is C16H10Cl2O. The fourth-order valence-electron chi connectivity index (χ4n) is 2.12. The van der Waals surface area contributed by atoms with Gasteiger partial charge in [-0.3, -0.25) is 0 Å². The van der Waals surface area contributed by atoms with Crippen LogP contribution in [0.25, 0.3) is 21.9 Å². The molecule has 0 spiro atoms. The second-order valence-corrected chi connectivity index (χ2v) is 5.24. The van der Waals surface area contributed by atoms with Crippen molar-refractivity contribution in [1.82, 2.24) is 0 Å². The van der Waals surface area contributed by atoms with Gasteiger partial charge >= 0.3 is 0 Å². The molecule has 3 rings (SSSR count). The van der Waals surface area contributed by atoms with Gasteiger partial charge in [0.05, 0.1) is 0 Å². The predicted molar refractivity (Wildman–Crippen MR) is 81.1 cm³/mol. The highest BCUT2D eigenvalue weighted by Gasteiger charge is 2.07. The van der Waals surface area contributed by atoms with Crippen molar-refractivity contribution in [2.75, 3.05) is 0 Å². The average molecular weight is 289 g/mol. The van der Waals surface area contributed by atoms with E-state index >= 15 is 0 Å². The van der Waals surface area contributed by atoms with E-state index in [1.54, 1.807) is 18.2 Å². The minimum absolute atomic E-state index is 0.247. The van der Waals surface area contributed by atoms with E-state index in [0.29, 0.717) is 10.0 Å². The maximum Gasteiger partial charge on any atom is 0.124 e. The highest BCUT2D eigenvalue weighted by Crippen LogP contribution is 2.34. The smallest absolute Gasteiger partial charge is 0.124 e. The number of hydrogen-bond acceptors (Lipinski definition) is 1. The molecule has 0 radical (unpaired) electrons. The van der Waals surface area contributed by atoms with Crippen LogP contribution in [-0.2, 0) is 0 Å². The zero-order chi connectivity index (χ0) is 13.4. The third kappa shape index (κ3) is 2.40. The molecule has 3 aromatic carbocycles. The van der Waals surface area contributed by atoms with E-state index in [1.807, 2.05) is 36.4 Å². The summed E-state index contributed by atoms with van der Waals surface area (Å²) in [7, 11) is 0. The van der Waals surface area contributed by atoms with Crippen molar-refractivity contribution in [2.45, 2.75) is 0 Å².